The number of carbonyl (C=O) groups is 2. The largest absolute Gasteiger partial charge is 0.496 e. The van der Waals surface area contributed by atoms with Crippen molar-refractivity contribution >= 4 is 11.8 Å². The van der Waals surface area contributed by atoms with E-state index in [2.05, 4.69) is 5.32 Å². The van der Waals surface area contributed by atoms with Gasteiger partial charge in [-0.3, -0.25) is 9.59 Å². The Kier molecular flexibility index (Phi) is 3.82. The zero-order valence-electron chi connectivity index (χ0n) is 12.2. The minimum absolute atomic E-state index is 0.0265. The van der Waals surface area contributed by atoms with Gasteiger partial charge < -0.3 is 15.0 Å². The van der Waals surface area contributed by atoms with Gasteiger partial charge in [-0.15, -0.1) is 0 Å². The van der Waals surface area contributed by atoms with Gasteiger partial charge in [-0.2, -0.15) is 0 Å². The van der Waals surface area contributed by atoms with E-state index < -0.39 is 0 Å². The second-order valence-corrected chi connectivity index (χ2v) is 5.71. The maximum absolute atomic E-state index is 12.7. The average Bonchev–Trinajstić information content (AvgIpc) is 3.25. The average molecular weight is 288 g/mol. The summed E-state index contributed by atoms with van der Waals surface area (Å²) in [5.74, 6) is 0.646. The number of carbonyl (C=O) groups excluding carboxylic acids is 2. The van der Waals surface area contributed by atoms with Crippen LogP contribution in [0.2, 0.25) is 0 Å². The molecule has 1 heterocycles. The summed E-state index contributed by atoms with van der Waals surface area (Å²) in [5, 5.41) is 2.74. The second-order valence-electron chi connectivity index (χ2n) is 5.71. The number of para-hydroxylation sites is 1. The van der Waals surface area contributed by atoms with Crippen LogP contribution in [0.15, 0.2) is 24.3 Å². The van der Waals surface area contributed by atoms with Gasteiger partial charge in [-0.1, -0.05) is 18.2 Å². The Labute approximate surface area is 124 Å². The van der Waals surface area contributed by atoms with E-state index in [-0.39, 0.29) is 17.7 Å². The summed E-state index contributed by atoms with van der Waals surface area (Å²) in [4.78, 5) is 25.9. The maximum Gasteiger partial charge on any atom is 0.228 e. The number of benzene rings is 1. The molecular formula is C16H20N2O3. The van der Waals surface area contributed by atoms with E-state index in [1.807, 2.05) is 29.2 Å². The van der Waals surface area contributed by atoms with Crippen molar-refractivity contribution in [3.8, 4) is 5.75 Å². The van der Waals surface area contributed by atoms with Crippen LogP contribution in [0.3, 0.4) is 0 Å². The van der Waals surface area contributed by atoms with Gasteiger partial charge in [0.25, 0.3) is 0 Å². The van der Waals surface area contributed by atoms with E-state index in [4.69, 9.17) is 4.74 Å². The van der Waals surface area contributed by atoms with Crippen molar-refractivity contribution in [1.29, 1.82) is 0 Å². The highest BCUT2D eigenvalue weighted by molar-refractivity contribution is 5.89. The predicted molar refractivity (Wildman–Crippen MR) is 77.7 cm³/mol. The van der Waals surface area contributed by atoms with Crippen LogP contribution in [0.4, 0.5) is 0 Å². The third kappa shape index (κ3) is 3.01. The van der Waals surface area contributed by atoms with E-state index in [9.17, 15) is 9.59 Å². The molecule has 1 aliphatic carbocycles. The summed E-state index contributed by atoms with van der Waals surface area (Å²) >= 11 is 0. The summed E-state index contributed by atoms with van der Waals surface area (Å²) in [5.41, 5.74) is 1.01. The third-order valence-electron chi connectivity index (χ3n) is 4.13. The SMILES string of the molecule is COc1ccccc1CN(C(=O)C1CNC(=O)C1)C1CC1. The highest BCUT2D eigenvalue weighted by Crippen LogP contribution is 2.32. The number of amides is 2. The van der Waals surface area contributed by atoms with Crippen LogP contribution < -0.4 is 10.1 Å². The molecule has 1 saturated heterocycles. The van der Waals surface area contributed by atoms with E-state index in [0.29, 0.717) is 25.6 Å². The molecule has 0 bridgehead atoms. The molecule has 5 heteroatoms. The molecule has 1 aromatic rings. The molecule has 2 aliphatic rings. The van der Waals surface area contributed by atoms with Gasteiger partial charge in [0.1, 0.15) is 5.75 Å². The van der Waals surface area contributed by atoms with Crippen LogP contribution in [-0.4, -0.2) is 36.4 Å². The number of hydrogen-bond donors (Lipinski definition) is 1. The number of nitrogens with one attached hydrogen (secondary N) is 1. The standard InChI is InChI=1S/C16H20N2O3/c1-21-14-5-3-2-4-11(14)10-18(13-6-7-13)16(20)12-8-15(19)17-9-12/h2-5,12-13H,6-10H2,1H3,(H,17,19). The summed E-state index contributed by atoms with van der Waals surface area (Å²) < 4.78 is 5.36. The Bertz CT molecular complexity index is 554. The molecule has 1 atom stereocenters. The van der Waals surface area contributed by atoms with Gasteiger partial charge in [-0.25, -0.2) is 0 Å². The first-order valence-electron chi connectivity index (χ1n) is 7.38. The molecule has 0 aromatic heterocycles. The lowest BCUT2D eigenvalue weighted by molar-refractivity contribution is -0.137. The Hall–Kier alpha value is -2.04. The van der Waals surface area contributed by atoms with Gasteiger partial charge in [-0.05, 0) is 18.9 Å². The van der Waals surface area contributed by atoms with Crippen molar-refractivity contribution in [3.05, 3.63) is 29.8 Å². The Morgan fingerprint density at radius 2 is 2.14 bits per heavy atom. The normalized spacial score (nSPS) is 21.0. The van der Waals surface area contributed by atoms with E-state index in [0.717, 1.165) is 24.2 Å². The lowest BCUT2D eigenvalue weighted by Gasteiger charge is -2.26. The number of ether oxygens (including phenoxy) is 1. The zero-order chi connectivity index (χ0) is 14.8. The molecule has 1 saturated carbocycles. The van der Waals surface area contributed by atoms with Gasteiger partial charge in [0, 0.05) is 31.1 Å². The highest BCUT2D eigenvalue weighted by atomic mass is 16.5. The molecule has 1 N–H and O–H groups in total. The minimum Gasteiger partial charge on any atom is -0.496 e. The molecule has 2 amide bonds. The highest BCUT2D eigenvalue weighted by Gasteiger charge is 2.38. The van der Waals surface area contributed by atoms with Crippen molar-refractivity contribution in [2.24, 2.45) is 5.92 Å². The minimum atomic E-state index is -0.215. The molecular weight excluding hydrogens is 268 g/mol. The van der Waals surface area contributed by atoms with Gasteiger partial charge in [0.2, 0.25) is 11.8 Å². The predicted octanol–water partition coefficient (Wildman–Crippen LogP) is 1.32. The van der Waals surface area contributed by atoms with Crippen LogP contribution in [0, 0.1) is 5.92 Å². The molecule has 112 valence electrons. The van der Waals surface area contributed by atoms with Crippen LogP contribution in [0.25, 0.3) is 0 Å². The second kappa shape index (κ2) is 5.76. The lowest BCUT2D eigenvalue weighted by atomic mass is 10.1. The third-order valence-corrected chi connectivity index (χ3v) is 4.13. The number of rotatable bonds is 5. The summed E-state index contributed by atoms with van der Waals surface area (Å²) in [6, 6.07) is 8.09. The zero-order valence-corrected chi connectivity index (χ0v) is 12.2. The van der Waals surface area contributed by atoms with E-state index in [1.165, 1.54) is 0 Å². The van der Waals surface area contributed by atoms with Gasteiger partial charge >= 0.3 is 0 Å². The van der Waals surface area contributed by atoms with E-state index in [1.54, 1.807) is 7.11 Å². The van der Waals surface area contributed by atoms with Gasteiger partial charge in [0.05, 0.1) is 13.0 Å². The van der Waals surface area contributed by atoms with Crippen LogP contribution >= 0.6 is 0 Å². The molecule has 1 aromatic carbocycles. The molecule has 0 radical (unpaired) electrons. The van der Waals surface area contributed by atoms with Crippen LogP contribution in [0.5, 0.6) is 5.75 Å². The lowest BCUT2D eigenvalue weighted by Crippen LogP contribution is -2.38. The van der Waals surface area contributed by atoms with Crippen molar-refractivity contribution in [2.75, 3.05) is 13.7 Å². The fourth-order valence-corrected chi connectivity index (χ4v) is 2.80. The molecule has 1 unspecified atom stereocenters. The molecule has 2 fully saturated rings. The number of methoxy groups -OCH3 is 1. The Morgan fingerprint density at radius 3 is 2.76 bits per heavy atom. The molecule has 1 aliphatic heterocycles. The first-order valence-corrected chi connectivity index (χ1v) is 7.38. The van der Waals surface area contributed by atoms with Crippen LogP contribution in [-0.2, 0) is 16.1 Å². The van der Waals surface area contributed by atoms with E-state index >= 15 is 0 Å². The fourth-order valence-electron chi connectivity index (χ4n) is 2.80. The van der Waals surface area contributed by atoms with Crippen molar-refractivity contribution < 1.29 is 14.3 Å². The summed E-state index contributed by atoms with van der Waals surface area (Å²) in [7, 11) is 1.64. The quantitative estimate of drug-likeness (QED) is 0.889. The smallest absolute Gasteiger partial charge is 0.228 e. The fraction of sp³-hybridized carbons (Fsp3) is 0.500. The van der Waals surface area contributed by atoms with Gasteiger partial charge in [0.15, 0.2) is 0 Å². The van der Waals surface area contributed by atoms with Crippen molar-refractivity contribution in [2.45, 2.75) is 31.8 Å². The molecule has 3 rings (SSSR count). The molecule has 21 heavy (non-hydrogen) atoms. The first kappa shape index (κ1) is 13.9. The van der Waals surface area contributed by atoms with Crippen molar-refractivity contribution in [1.82, 2.24) is 10.2 Å². The molecule has 5 nitrogen and oxygen atoms in total. The Morgan fingerprint density at radius 1 is 1.38 bits per heavy atom. The number of nitrogens with zero attached hydrogens (tertiary/aromatic N) is 1. The number of hydrogen-bond acceptors (Lipinski definition) is 3. The maximum atomic E-state index is 12.7. The first-order chi connectivity index (χ1) is 10.2. The molecule has 0 spiro atoms. The summed E-state index contributed by atoms with van der Waals surface area (Å²) in [6.07, 6.45) is 2.41. The Balaban J connectivity index is 1.75. The van der Waals surface area contributed by atoms with Crippen LogP contribution in [0.1, 0.15) is 24.8 Å². The van der Waals surface area contributed by atoms with Crippen molar-refractivity contribution in [3.63, 3.8) is 0 Å². The monoisotopic (exact) mass is 288 g/mol. The summed E-state index contributed by atoms with van der Waals surface area (Å²) in [6.45, 7) is 1.02. The topological polar surface area (TPSA) is 58.6 Å².